The molecule has 0 radical (unpaired) electrons. The van der Waals surface area contributed by atoms with E-state index in [9.17, 15) is 0 Å². The number of aliphatic hydroxyl groups excluding tert-OH is 1. The van der Waals surface area contributed by atoms with Crippen molar-refractivity contribution in [1.29, 1.82) is 0 Å². The molecule has 1 aromatic carbocycles. The molecule has 1 unspecified atom stereocenters. The van der Waals surface area contributed by atoms with Crippen LogP contribution < -0.4 is 4.90 Å². The monoisotopic (exact) mass is 205 g/mol. The topological polar surface area (TPSA) is 23.5 Å². The van der Waals surface area contributed by atoms with Gasteiger partial charge in [-0.25, -0.2) is 0 Å². The van der Waals surface area contributed by atoms with Gasteiger partial charge in [-0.2, -0.15) is 0 Å². The average Bonchev–Trinajstić information content (AvgIpc) is 2.57. The number of hydrogen-bond acceptors (Lipinski definition) is 2. The molecule has 0 bridgehead atoms. The summed E-state index contributed by atoms with van der Waals surface area (Å²) in [7, 11) is 0. The second-order valence-corrected chi connectivity index (χ2v) is 4.26. The Bertz CT molecular complexity index is 348. The summed E-state index contributed by atoms with van der Waals surface area (Å²) in [6.45, 7) is 6.90. The lowest BCUT2D eigenvalue weighted by Crippen LogP contribution is -2.20. The number of anilines is 1. The molecule has 0 fully saturated rings. The van der Waals surface area contributed by atoms with Gasteiger partial charge < -0.3 is 10.0 Å². The van der Waals surface area contributed by atoms with Gasteiger partial charge in [0.15, 0.2) is 0 Å². The third-order valence-electron chi connectivity index (χ3n) is 3.26. The van der Waals surface area contributed by atoms with Crippen molar-refractivity contribution in [3.8, 4) is 0 Å². The highest BCUT2D eigenvalue weighted by Gasteiger charge is 2.26. The zero-order valence-electron chi connectivity index (χ0n) is 9.53. The van der Waals surface area contributed by atoms with Crippen LogP contribution in [0.15, 0.2) is 18.2 Å². The summed E-state index contributed by atoms with van der Waals surface area (Å²) in [5.74, 6) is 0.600. The zero-order valence-corrected chi connectivity index (χ0v) is 9.53. The Labute approximate surface area is 91.5 Å². The Morgan fingerprint density at radius 2 is 2.27 bits per heavy atom. The maximum Gasteiger partial charge on any atom is 0.0471 e. The van der Waals surface area contributed by atoms with E-state index < -0.39 is 0 Å². The van der Waals surface area contributed by atoms with Crippen molar-refractivity contribution in [2.75, 3.05) is 24.6 Å². The molecule has 15 heavy (non-hydrogen) atoms. The van der Waals surface area contributed by atoms with Crippen LogP contribution in [0.1, 0.15) is 30.9 Å². The molecule has 0 aromatic heterocycles. The Balaban J connectivity index is 2.42. The maximum absolute atomic E-state index is 9.05. The van der Waals surface area contributed by atoms with Gasteiger partial charge in [0.25, 0.3) is 0 Å². The highest BCUT2D eigenvalue weighted by atomic mass is 16.2. The minimum atomic E-state index is 0.245. The molecule has 1 aromatic rings. The van der Waals surface area contributed by atoms with Crippen molar-refractivity contribution < 1.29 is 5.11 Å². The average molecular weight is 205 g/mol. The highest BCUT2D eigenvalue weighted by molar-refractivity contribution is 5.62. The molecule has 1 atom stereocenters. The third kappa shape index (κ3) is 1.74. The van der Waals surface area contributed by atoms with E-state index in [0.29, 0.717) is 5.92 Å². The molecule has 2 rings (SSSR count). The molecule has 1 heterocycles. The van der Waals surface area contributed by atoms with E-state index in [2.05, 4.69) is 36.9 Å². The molecule has 1 aliphatic rings. The Morgan fingerprint density at radius 3 is 2.93 bits per heavy atom. The minimum Gasteiger partial charge on any atom is -0.396 e. The molecular weight excluding hydrogens is 186 g/mol. The van der Waals surface area contributed by atoms with Gasteiger partial charge >= 0.3 is 0 Å². The third-order valence-corrected chi connectivity index (χ3v) is 3.26. The first kappa shape index (κ1) is 10.5. The summed E-state index contributed by atoms with van der Waals surface area (Å²) >= 11 is 0. The standard InChI is InChI=1S/C13H19NO/c1-3-14-9-10(2)13-11(7-8-15)5-4-6-12(13)14/h4-6,10,15H,3,7-9H2,1-2H3. The van der Waals surface area contributed by atoms with Crippen LogP contribution >= 0.6 is 0 Å². The van der Waals surface area contributed by atoms with Crippen LogP contribution in [-0.2, 0) is 6.42 Å². The fourth-order valence-electron chi connectivity index (χ4n) is 2.60. The molecule has 0 amide bonds. The first-order valence-corrected chi connectivity index (χ1v) is 5.75. The van der Waals surface area contributed by atoms with E-state index in [1.54, 1.807) is 0 Å². The van der Waals surface area contributed by atoms with Gasteiger partial charge in [0.1, 0.15) is 0 Å². The molecule has 0 aliphatic carbocycles. The highest BCUT2D eigenvalue weighted by Crippen LogP contribution is 2.38. The Kier molecular flexibility index (Phi) is 2.96. The zero-order chi connectivity index (χ0) is 10.8. The molecular formula is C13H19NO. The normalized spacial score (nSPS) is 19.4. The largest absolute Gasteiger partial charge is 0.396 e. The van der Waals surface area contributed by atoms with E-state index >= 15 is 0 Å². The second kappa shape index (κ2) is 4.23. The lowest BCUT2D eigenvalue weighted by atomic mass is 9.96. The predicted octanol–water partition coefficient (Wildman–Crippen LogP) is 2.16. The minimum absolute atomic E-state index is 0.245. The summed E-state index contributed by atoms with van der Waals surface area (Å²) in [6, 6.07) is 6.44. The Hall–Kier alpha value is -1.02. The van der Waals surface area contributed by atoms with Crippen molar-refractivity contribution >= 4 is 5.69 Å². The molecule has 2 heteroatoms. The summed E-state index contributed by atoms with van der Waals surface area (Å²) in [5, 5.41) is 9.05. The van der Waals surface area contributed by atoms with Gasteiger partial charge in [-0.3, -0.25) is 0 Å². The molecule has 1 aliphatic heterocycles. The first-order valence-electron chi connectivity index (χ1n) is 5.75. The van der Waals surface area contributed by atoms with Crippen molar-refractivity contribution in [2.24, 2.45) is 0 Å². The number of aliphatic hydroxyl groups is 1. The van der Waals surface area contributed by atoms with Crippen LogP contribution in [-0.4, -0.2) is 24.8 Å². The number of hydrogen-bond donors (Lipinski definition) is 1. The quantitative estimate of drug-likeness (QED) is 0.817. The summed E-state index contributed by atoms with van der Waals surface area (Å²) in [4.78, 5) is 2.42. The molecule has 82 valence electrons. The van der Waals surface area contributed by atoms with Crippen LogP contribution in [0.2, 0.25) is 0 Å². The number of nitrogens with zero attached hydrogens (tertiary/aromatic N) is 1. The fraction of sp³-hybridized carbons (Fsp3) is 0.538. The van der Waals surface area contributed by atoms with E-state index in [0.717, 1.165) is 19.5 Å². The van der Waals surface area contributed by atoms with Gasteiger partial charge in [0.2, 0.25) is 0 Å². The van der Waals surface area contributed by atoms with Crippen LogP contribution in [0, 0.1) is 0 Å². The van der Waals surface area contributed by atoms with Crippen LogP contribution in [0.4, 0.5) is 5.69 Å². The number of fused-ring (bicyclic) bond motifs is 1. The Morgan fingerprint density at radius 1 is 1.47 bits per heavy atom. The van der Waals surface area contributed by atoms with Crippen LogP contribution in [0.3, 0.4) is 0 Å². The number of rotatable bonds is 3. The lowest BCUT2D eigenvalue weighted by Gasteiger charge is -2.16. The molecule has 0 spiro atoms. The maximum atomic E-state index is 9.05. The van der Waals surface area contributed by atoms with E-state index in [-0.39, 0.29) is 6.61 Å². The smallest absolute Gasteiger partial charge is 0.0471 e. The van der Waals surface area contributed by atoms with Crippen molar-refractivity contribution in [2.45, 2.75) is 26.2 Å². The van der Waals surface area contributed by atoms with E-state index in [1.807, 2.05) is 0 Å². The summed E-state index contributed by atoms with van der Waals surface area (Å²) in [6.07, 6.45) is 0.783. The number of likely N-dealkylation sites (N-methyl/N-ethyl adjacent to an activating group) is 1. The molecule has 1 N–H and O–H groups in total. The van der Waals surface area contributed by atoms with Crippen LogP contribution in [0.25, 0.3) is 0 Å². The lowest BCUT2D eigenvalue weighted by molar-refractivity contribution is 0.299. The predicted molar refractivity (Wildman–Crippen MR) is 63.5 cm³/mol. The fourth-order valence-corrected chi connectivity index (χ4v) is 2.60. The second-order valence-electron chi connectivity index (χ2n) is 4.26. The van der Waals surface area contributed by atoms with Gasteiger partial charge in [-0.05, 0) is 30.5 Å². The summed E-state index contributed by atoms with van der Waals surface area (Å²) in [5.41, 5.74) is 4.14. The van der Waals surface area contributed by atoms with E-state index in [1.165, 1.54) is 16.8 Å². The molecule has 0 saturated carbocycles. The molecule has 2 nitrogen and oxygen atoms in total. The first-order chi connectivity index (χ1) is 7.27. The van der Waals surface area contributed by atoms with Crippen molar-refractivity contribution in [1.82, 2.24) is 0 Å². The molecule has 0 saturated heterocycles. The van der Waals surface area contributed by atoms with Gasteiger partial charge in [-0.1, -0.05) is 19.1 Å². The van der Waals surface area contributed by atoms with E-state index in [4.69, 9.17) is 5.11 Å². The van der Waals surface area contributed by atoms with Crippen molar-refractivity contribution in [3.63, 3.8) is 0 Å². The van der Waals surface area contributed by atoms with Crippen molar-refractivity contribution in [3.05, 3.63) is 29.3 Å². The van der Waals surface area contributed by atoms with Crippen LogP contribution in [0.5, 0.6) is 0 Å². The van der Waals surface area contributed by atoms with Gasteiger partial charge in [-0.15, -0.1) is 0 Å². The van der Waals surface area contributed by atoms with Gasteiger partial charge in [0.05, 0.1) is 0 Å². The summed E-state index contributed by atoms with van der Waals surface area (Å²) < 4.78 is 0. The number of benzene rings is 1. The van der Waals surface area contributed by atoms with Gasteiger partial charge in [0, 0.05) is 31.3 Å². The SMILES string of the molecule is CCN1CC(C)c2c(CCO)cccc21.